The lowest BCUT2D eigenvalue weighted by Gasteiger charge is -2.39. The smallest absolute Gasteiger partial charge is 0.123 e. The third kappa shape index (κ3) is 4.67. The standard InChI is InChI=1S/C21H30FNO/c1-3-17-11-16(2)21(24-15-17)14-23-10-4-5-19(13-23)12-18-6-8-20(22)9-7-18/h3,6-9,16-17,19,21H,1,4-5,10-15H2,2H3. The molecule has 2 nitrogen and oxygen atoms in total. The van der Waals surface area contributed by atoms with Crippen LogP contribution in [0.15, 0.2) is 36.9 Å². The van der Waals surface area contributed by atoms with E-state index in [0.717, 1.165) is 26.1 Å². The van der Waals surface area contributed by atoms with Gasteiger partial charge in [-0.15, -0.1) is 6.58 Å². The van der Waals surface area contributed by atoms with Gasteiger partial charge in [-0.1, -0.05) is 25.1 Å². The lowest BCUT2D eigenvalue weighted by atomic mass is 9.87. The number of rotatable bonds is 5. The van der Waals surface area contributed by atoms with Gasteiger partial charge in [0, 0.05) is 19.0 Å². The van der Waals surface area contributed by atoms with Gasteiger partial charge in [-0.3, -0.25) is 0 Å². The molecule has 4 atom stereocenters. The number of ether oxygens (including phenoxy) is 1. The van der Waals surface area contributed by atoms with Crippen LogP contribution in [-0.2, 0) is 11.2 Å². The van der Waals surface area contributed by atoms with E-state index in [-0.39, 0.29) is 5.82 Å². The highest BCUT2D eigenvalue weighted by Gasteiger charge is 2.30. The van der Waals surface area contributed by atoms with Crippen LogP contribution in [0, 0.1) is 23.6 Å². The first kappa shape index (κ1) is 17.6. The second-order valence-electron chi connectivity index (χ2n) is 7.68. The number of hydrogen-bond acceptors (Lipinski definition) is 2. The first-order valence-corrected chi connectivity index (χ1v) is 9.35. The summed E-state index contributed by atoms with van der Waals surface area (Å²) in [5.74, 6) is 1.64. The molecule has 3 rings (SSSR count). The molecule has 0 N–H and O–H groups in total. The molecule has 0 bridgehead atoms. The topological polar surface area (TPSA) is 12.5 Å². The number of nitrogens with zero attached hydrogens (tertiary/aromatic N) is 1. The summed E-state index contributed by atoms with van der Waals surface area (Å²) in [4.78, 5) is 2.58. The summed E-state index contributed by atoms with van der Waals surface area (Å²) in [6, 6.07) is 7.00. The Morgan fingerprint density at radius 1 is 1.33 bits per heavy atom. The van der Waals surface area contributed by atoms with E-state index in [9.17, 15) is 4.39 Å². The SMILES string of the molecule is C=CC1COC(CN2CCCC(Cc3ccc(F)cc3)C2)C(C)C1. The van der Waals surface area contributed by atoms with Gasteiger partial charge in [-0.25, -0.2) is 4.39 Å². The quantitative estimate of drug-likeness (QED) is 0.746. The van der Waals surface area contributed by atoms with Crippen LogP contribution in [0.2, 0.25) is 0 Å². The van der Waals surface area contributed by atoms with E-state index in [1.54, 1.807) is 12.1 Å². The van der Waals surface area contributed by atoms with Crippen molar-refractivity contribution in [1.29, 1.82) is 0 Å². The van der Waals surface area contributed by atoms with E-state index in [1.807, 2.05) is 18.2 Å². The minimum atomic E-state index is -0.148. The molecule has 0 aromatic heterocycles. The van der Waals surface area contributed by atoms with Crippen molar-refractivity contribution >= 4 is 0 Å². The first-order valence-electron chi connectivity index (χ1n) is 9.35. The molecule has 2 aliphatic heterocycles. The molecule has 24 heavy (non-hydrogen) atoms. The van der Waals surface area contributed by atoms with Crippen LogP contribution in [0.4, 0.5) is 4.39 Å². The number of likely N-dealkylation sites (tertiary alicyclic amines) is 1. The van der Waals surface area contributed by atoms with Gasteiger partial charge in [0.1, 0.15) is 5.82 Å². The highest BCUT2D eigenvalue weighted by Crippen LogP contribution is 2.28. The molecule has 2 saturated heterocycles. The molecule has 2 heterocycles. The summed E-state index contributed by atoms with van der Waals surface area (Å²) in [6.07, 6.45) is 7.16. The first-order chi connectivity index (χ1) is 11.6. The van der Waals surface area contributed by atoms with Crippen molar-refractivity contribution in [3.63, 3.8) is 0 Å². The minimum absolute atomic E-state index is 0.148. The van der Waals surface area contributed by atoms with Crippen molar-refractivity contribution in [3.8, 4) is 0 Å². The molecule has 1 aromatic rings. The van der Waals surface area contributed by atoms with Gasteiger partial charge >= 0.3 is 0 Å². The van der Waals surface area contributed by atoms with E-state index in [2.05, 4.69) is 18.4 Å². The number of benzene rings is 1. The maximum absolute atomic E-state index is 13.0. The molecular weight excluding hydrogens is 301 g/mol. The van der Waals surface area contributed by atoms with Gasteiger partial charge in [0.15, 0.2) is 0 Å². The Hall–Kier alpha value is -1.19. The normalized spacial score (nSPS) is 31.8. The van der Waals surface area contributed by atoms with Crippen molar-refractivity contribution < 1.29 is 9.13 Å². The Labute approximate surface area is 145 Å². The molecule has 2 aliphatic rings. The average molecular weight is 331 g/mol. The van der Waals surface area contributed by atoms with Crippen LogP contribution in [0.1, 0.15) is 31.7 Å². The highest BCUT2D eigenvalue weighted by molar-refractivity contribution is 5.16. The van der Waals surface area contributed by atoms with Crippen molar-refractivity contribution in [1.82, 2.24) is 4.90 Å². The third-order valence-electron chi connectivity index (χ3n) is 5.65. The van der Waals surface area contributed by atoms with Gasteiger partial charge in [0.05, 0.1) is 12.7 Å². The average Bonchev–Trinajstić information content (AvgIpc) is 2.59. The van der Waals surface area contributed by atoms with Crippen LogP contribution in [-0.4, -0.2) is 37.2 Å². The largest absolute Gasteiger partial charge is 0.376 e. The molecule has 0 radical (unpaired) electrons. The second-order valence-corrected chi connectivity index (χ2v) is 7.68. The Morgan fingerprint density at radius 2 is 2.12 bits per heavy atom. The van der Waals surface area contributed by atoms with Gasteiger partial charge in [-0.05, 0) is 61.8 Å². The Balaban J connectivity index is 1.50. The van der Waals surface area contributed by atoms with E-state index < -0.39 is 0 Å². The Morgan fingerprint density at radius 3 is 2.83 bits per heavy atom. The molecule has 0 amide bonds. The number of halogens is 1. The van der Waals surface area contributed by atoms with Crippen molar-refractivity contribution in [2.75, 3.05) is 26.2 Å². The second kappa shape index (κ2) is 8.26. The molecule has 3 heteroatoms. The molecule has 0 aliphatic carbocycles. The van der Waals surface area contributed by atoms with Crippen LogP contribution < -0.4 is 0 Å². The molecular formula is C21H30FNO. The van der Waals surface area contributed by atoms with E-state index in [0.29, 0.717) is 23.9 Å². The highest BCUT2D eigenvalue weighted by atomic mass is 19.1. The summed E-state index contributed by atoms with van der Waals surface area (Å²) in [5, 5.41) is 0. The number of hydrogen-bond donors (Lipinski definition) is 0. The van der Waals surface area contributed by atoms with E-state index >= 15 is 0 Å². The van der Waals surface area contributed by atoms with Gasteiger partial charge in [-0.2, -0.15) is 0 Å². The van der Waals surface area contributed by atoms with Gasteiger partial charge in [0.25, 0.3) is 0 Å². The predicted molar refractivity (Wildman–Crippen MR) is 96.5 cm³/mol. The van der Waals surface area contributed by atoms with Crippen molar-refractivity contribution in [3.05, 3.63) is 48.3 Å². The molecule has 0 saturated carbocycles. The van der Waals surface area contributed by atoms with Crippen molar-refractivity contribution in [2.24, 2.45) is 17.8 Å². The maximum atomic E-state index is 13.0. The predicted octanol–water partition coefficient (Wildman–Crippen LogP) is 4.31. The van der Waals surface area contributed by atoms with Crippen LogP contribution in [0.25, 0.3) is 0 Å². The summed E-state index contributed by atoms with van der Waals surface area (Å²) >= 11 is 0. The minimum Gasteiger partial charge on any atom is -0.376 e. The molecule has 4 unspecified atom stereocenters. The number of piperidine rings is 1. The fraction of sp³-hybridized carbons (Fsp3) is 0.619. The van der Waals surface area contributed by atoms with Gasteiger partial charge < -0.3 is 9.64 Å². The van der Waals surface area contributed by atoms with Crippen LogP contribution in [0.3, 0.4) is 0 Å². The Bertz CT molecular complexity index is 529. The van der Waals surface area contributed by atoms with Crippen LogP contribution >= 0.6 is 0 Å². The van der Waals surface area contributed by atoms with Gasteiger partial charge in [0.2, 0.25) is 0 Å². The zero-order valence-corrected chi connectivity index (χ0v) is 14.8. The molecule has 132 valence electrons. The van der Waals surface area contributed by atoms with Crippen LogP contribution in [0.5, 0.6) is 0 Å². The summed E-state index contributed by atoms with van der Waals surface area (Å²) in [5.41, 5.74) is 1.25. The fourth-order valence-electron chi connectivity index (χ4n) is 4.20. The molecule has 0 spiro atoms. The fourth-order valence-corrected chi connectivity index (χ4v) is 4.20. The van der Waals surface area contributed by atoms with Crippen molar-refractivity contribution in [2.45, 2.75) is 38.7 Å². The molecule has 1 aromatic carbocycles. The van der Waals surface area contributed by atoms with E-state index in [1.165, 1.54) is 31.4 Å². The summed E-state index contributed by atoms with van der Waals surface area (Å²) < 4.78 is 19.2. The monoisotopic (exact) mass is 331 g/mol. The zero-order chi connectivity index (χ0) is 16.9. The third-order valence-corrected chi connectivity index (χ3v) is 5.65. The van der Waals surface area contributed by atoms with E-state index in [4.69, 9.17) is 4.74 Å². The summed E-state index contributed by atoms with van der Waals surface area (Å²) in [7, 11) is 0. The zero-order valence-electron chi connectivity index (χ0n) is 14.8. The molecule has 2 fully saturated rings. The lowest BCUT2D eigenvalue weighted by Crippen LogP contribution is -2.45. The Kier molecular flexibility index (Phi) is 6.07. The summed E-state index contributed by atoms with van der Waals surface area (Å²) in [6.45, 7) is 10.4. The maximum Gasteiger partial charge on any atom is 0.123 e. The lowest BCUT2D eigenvalue weighted by molar-refractivity contribution is -0.0594.